The van der Waals surface area contributed by atoms with Crippen molar-refractivity contribution in [2.45, 2.75) is 25.8 Å². The smallest absolute Gasteiger partial charge is 0.246 e. The third kappa shape index (κ3) is 2.62. The van der Waals surface area contributed by atoms with Crippen molar-refractivity contribution in [3.63, 3.8) is 0 Å². The molecule has 0 atom stereocenters. The summed E-state index contributed by atoms with van der Waals surface area (Å²) in [4.78, 5) is 19.8. The zero-order valence-corrected chi connectivity index (χ0v) is 10.4. The molecule has 1 N–H and O–H groups in total. The molecule has 1 aliphatic rings. The number of hydrogen-bond donors (Lipinski definition) is 1. The molecular formula is C13H14N4O2. The molecular weight excluding hydrogens is 244 g/mol. The molecule has 19 heavy (non-hydrogen) atoms. The van der Waals surface area contributed by atoms with Crippen LogP contribution in [0.25, 0.3) is 11.4 Å². The number of carbonyl (C=O) groups excluding carboxylic acids is 1. The summed E-state index contributed by atoms with van der Waals surface area (Å²) < 4.78 is 5.10. The topological polar surface area (TPSA) is 80.9 Å². The molecule has 0 radical (unpaired) electrons. The van der Waals surface area contributed by atoms with Crippen molar-refractivity contribution < 1.29 is 9.32 Å². The summed E-state index contributed by atoms with van der Waals surface area (Å²) in [7, 11) is 0. The molecule has 0 aliphatic heterocycles. The molecule has 0 unspecified atom stereocenters. The van der Waals surface area contributed by atoms with Gasteiger partial charge in [0.15, 0.2) is 0 Å². The first-order valence-corrected chi connectivity index (χ1v) is 6.33. The largest absolute Gasteiger partial charge is 0.347 e. The summed E-state index contributed by atoms with van der Waals surface area (Å²) in [5.41, 5.74) is 0.843. The Morgan fingerprint density at radius 2 is 2.16 bits per heavy atom. The van der Waals surface area contributed by atoms with Gasteiger partial charge in [0.2, 0.25) is 17.6 Å². The Labute approximate surface area is 110 Å². The van der Waals surface area contributed by atoms with E-state index in [0.29, 0.717) is 11.7 Å². The quantitative estimate of drug-likeness (QED) is 0.899. The maximum Gasteiger partial charge on any atom is 0.246 e. The van der Waals surface area contributed by atoms with Crippen molar-refractivity contribution in [2.75, 3.05) is 0 Å². The first kappa shape index (κ1) is 11.8. The molecule has 2 aromatic heterocycles. The molecule has 1 saturated carbocycles. The van der Waals surface area contributed by atoms with E-state index in [1.165, 1.54) is 0 Å². The van der Waals surface area contributed by atoms with Crippen LogP contribution in [0.2, 0.25) is 0 Å². The van der Waals surface area contributed by atoms with Gasteiger partial charge in [-0.2, -0.15) is 4.98 Å². The van der Waals surface area contributed by atoms with E-state index in [0.717, 1.165) is 24.8 Å². The van der Waals surface area contributed by atoms with Gasteiger partial charge in [-0.25, -0.2) is 0 Å². The summed E-state index contributed by atoms with van der Waals surface area (Å²) in [5, 5.41) is 6.70. The molecule has 1 fully saturated rings. The molecule has 1 aliphatic carbocycles. The summed E-state index contributed by atoms with van der Waals surface area (Å²) in [5.74, 6) is 1.17. The van der Waals surface area contributed by atoms with Gasteiger partial charge < -0.3 is 9.84 Å². The number of amides is 1. The van der Waals surface area contributed by atoms with E-state index in [-0.39, 0.29) is 18.4 Å². The van der Waals surface area contributed by atoms with Gasteiger partial charge >= 0.3 is 0 Å². The lowest BCUT2D eigenvalue weighted by atomic mass is 9.85. The third-order valence-electron chi connectivity index (χ3n) is 3.30. The van der Waals surface area contributed by atoms with E-state index < -0.39 is 0 Å². The van der Waals surface area contributed by atoms with Crippen LogP contribution >= 0.6 is 0 Å². The van der Waals surface area contributed by atoms with Gasteiger partial charge in [0, 0.05) is 23.9 Å². The van der Waals surface area contributed by atoms with E-state index in [2.05, 4.69) is 20.4 Å². The fourth-order valence-electron chi connectivity index (χ4n) is 1.92. The van der Waals surface area contributed by atoms with Crippen molar-refractivity contribution in [1.82, 2.24) is 20.4 Å². The van der Waals surface area contributed by atoms with Crippen LogP contribution < -0.4 is 5.32 Å². The molecule has 3 rings (SSSR count). The monoisotopic (exact) mass is 258 g/mol. The van der Waals surface area contributed by atoms with Crippen molar-refractivity contribution in [3.05, 3.63) is 30.4 Å². The first-order valence-electron chi connectivity index (χ1n) is 6.33. The van der Waals surface area contributed by atoms with Gasteiger partial charge in [0.1, 0.15) is 0 Å². The first-order chi connectivity index (χ1) is 9.33. The zero-order chi connectivity index (χ0) is 13.1. The number of aromatic nitrogens is 3. The number of nitrogens with zero attached hydrogens (tertiary/aromatic N) is 3. The van der Waals surface area contributed by atoms with E-state index in [1.807, 2.05) is 12.1 Å². The average molecular weight is 258 g/mol. The average Bonchev–Trinajstić information content (AvgIpc) is 2.84. The van der Waals surface area contributed by atoms with Gasteiger partial charge in [-0.15, -0.1) is 0 Å². The predicted molar refractivity (Wildman–Crippen MR) is 66.7 cm³/mol. The minimum atomic E-state index is 0.0786. The number of rotatable bonds is 4. The van der Waals surface area contributed by atoms with Crippen LogP contribution in [-0.4, -0.2) is 21.0 Å². The van der Waals surface area contributed by atoms with Crippen molar-refractivity contribution >= 4 is 5.91 Å². The lowest BCUT2D eigenvalue weighted by Gasteiger charge is -2.23. The Bertz CT molecular complexity index is 563. The van der Waals surface area contributed by atoms with Crippen LogP contribution in [0.5, 0.6) is 0 Å². The highest BCUT2D eigenvalue weighted by atomic mass is 16.5. The second-order valence-corrected chi connectivity index (χ2v) is 4.59. The number of pyridine rings is 1. The molecule has 6 heteroatoms. The normalized spacial score (nSPS) is 14.9. The third-order valence-corrected chi connectivity index (χ3v) is 3.30. The molecule has 2 heterocycles. The summed E-state index contributed by atoms with van der Waals surface area (Å²) in [6.45, 7) is 0.285. The lowest BCUT2D eigenvalue weighted by molar-refractivity contribution is -0.127. The molecule has 0 bridgehead atoms. The Kier molecular flexibility index (Phi) is 3.22. The van der Waals surface area contributed by atoms with Crippen LogP contribution in [-0.2, 0) is 11.3 Å². The fraction of sp³-hybridized carbons (Fsp3) is 0.385. The molecule has 0 aromatic carbocycles. The van der Waals surface area contributed by atoms with Gasteiger partial charge in [-0.1, -0.05) is 11.6 Å². The highest BCUT2D eigenvalue weighted by Crippen LogP contribution is 2.26. The number of carbonyl (C=O) groups is 1. The van der Waals surface area contributed by atoms with E-state index >= 15 is 0 Å². The standard InChI is InChI=1S/C13H14N4O2/c18-13(10-2-1-3-10)15-8-11-16-12(17-19-11)9-4-6-14-7-5-9/h4-7,10H,1-3,8H2,(H,15,18). The SMILES string of the molecule is O=C(NCc1nc(-c2ccncc2)no1)C1CCC1. The van der Waals surface area contributed by atoms with Gasteiger partial charge in [0.25, 0.3) is 0 Å². The maximum absolute atomic E-state index is 11.7. The van der Waals surface area contributed by atoms with Crippen LogP contribution in [0.4, 0.5) is 0 Å². The van der Waals surface area contributed by atoms with Crippen molar-refractivity contribution in [3.8, 4) is 11.4 Å². The minimum absolute atomic E-state index is 0.0786. The maximum atomic E-state index is 11.7. The van der Waals surface area contributed by atoms with Crippen LogP contribution in [0.3, 0.4) is 0 Å². The van der Waals surface area contributed by atoms with E-state index in [1.54, 1.807) is 12.4 Å². The van der Waals surface area contributed by atoms with Gasteiger partial charge in [-0.3, -0.25) is 9.78 Å². The molecule has 0 spiro atoms. The number of hydrogen-bond acceptors (Lipinski definition) is 5. The Balaban J connectivity index is 1.60. The fourth-order valence-corrected chi connectivity index (χ4v) is 1.92. The highest BCUT2D eigenvalue weighted by molar-refractivity contribution is 5.79. The molecule has 2 aromatic rings. The lowest BCUT2D eigenvalue weighted by Crippen LogP contribution is -2.34. The predicted octanol–water partition coefficient (Wildman–Crippen LogP) is 1.55. The van der Waals surface area contributed by atoms with Crippen LogP contribution in [0.15, 0.2) is 29.0 Å². The van der Waals surface area contributed by atoms with Crippen LogP contribution in [0, 0.1) is 5.92 Å². The second-order valence-electron chi connectivity index (χ2n) is 4.59. The molecule has 98 valence electrons. The van der Waals surface area contributed by atoms with Crippen LogP contribution in [0.1, 0.15) is 25.2 Å². The summed E-state index contributed by atoms with van der Waals surface area (Å²) >= 11 is 0. The minimum Gasteiger partial charge on any atom is -0.347 e. The molecule has 6 nitrogen and oxygen atoms in total. The molecule has 1 amide bonds. The summed E-state index contributed by atoms with van der Waals surface area (Å²) in [6.07, 6.45) is 6.45. The Hall–Kier alpha value is -2.24. The van der Waals surface area contributed by atoms with Gasteiger partial charge in [-0.05, 0) is 25.0 Å². The zero-order valence-electron chi connectivity index (χ0n) is 10.4. The number of nitrogens with one attached hydrogen (secondary N) is 1. The summed E-state index contributed by atoms with van der Waals surface area (Å²) in [6, 6.07) is 3.61. The van der Waals surface area contributed by atoms with E-state index in [9.17, 15) is 4.79 Å². The second kappa shape index (κ2) is 5.17. The van der Waals surface area contributed by atoms with Crippen molar-refractivity contribution in [2.24, 2.45) is 5.92 Å². The van der Waals surface area contributed by atoms with E-state index in [4.69, 9.17) is 4.52 Å². The van der Waals surface area contributed by atoms with Gasteiger partial charge in [0.05, 0.1) is 6.54 Å². The Morgan fingerprint density at radius 1 is 1.37 bits per heavy atom. The van der Waals surface area contributed by atoms with Crippen molar-refractivity contribution in [1.29, 1.82) is 0 Å². The highest BCUT2D eigenvalue weighted by Gasteiger charge is 2.25. The molecule has 0 saturated heterocycles. The Morgan fingerprint density at radius 3 is 2.84 bits per heavy atom.